The van der Waals surface area contributed by atoms with Gasteiger partial charge in [-0.25, -0.2) is 0 Å². The summed E-state index contributed by atoms with van der Waals surface area (Å²) in [6.07, 6.45) is -0.198. The number of benzene rings is 2. The van der Waals surface area contributed by atoms with E-state index >= 15 is 0 Å². The Morgan fingerprint density at radius 2 is 1.96 bits per heavy atom. The van der Waals surface area contributed by atoms with Crippen molar-refractivity contribution in [2.45, 2.75) is 24.5 Å². The van der Waals surface area contributed by atoms with Gasteiger partial charge in [0.2, 0.25) is 0 Å². The molecule has 26 heavy (non-hydrogen) atoms. The minimum atomic E-state index is -1.45. The van der Waals surface area contributed by atoms with E-state index in [0.29, 0.717) is 29.4 Å². The van der Waals surface area contributed by atoms with Crippen molar-refractivity contribution in [3.05, 3.63) is 53.3 Å². The first-order valence-corrected chi connectivity index (χ1v) is 8.50. The molecule has 0 spiro atoms. The molecule has 134 valence electrons. The van der Waals surface area contributed by atoms with Crippen LogP contribution in [0.15, 0.2) is 40.8 Å². The fourth-order valence-corrected chi connectivity index (χ4v) is 3.76. The van der Waals surface area contributed by atoms with Crippen LogP contribution in [0.1, 0.15) is 35.8 Å². The highest BCUT2D eigenvalue weighted by Gasteiger charge is 2.42. The molecule has 0 saturated heterocycles. The maximum absolute atomic E-state index is 10.3. The number of ether oxygens (including phenoxy) is 2. The van der Waals surface area contributed by atoms with Crippen molar-refractivity contribution in [2.24, 2.45) is 0 Å². The summed E-state index contributed by atoms with van der Waals surface area (Å²) < 4.78 is 17.8. The molecule has 3 N–H and O–H groups in total. The molecule has 0 bridgehead atoms. The van der Waals surface area contributed by atoms with Gasteiger partial charge in [-0.3, -0.25) is 0 Å². The molecular formula is C20H18O6. The Hall–Kier alpha value is -2.70. The zero-order valence-corrected chi connectivity index (χ0v) is 14.1. The lowest BCUT2D eigenvalue weighted by Crippen LogP contribution is -2.24. The number of aliphatic hydroxyl groups excluding tert-OH is 1. The number of aliphatic hydroxyl groups is 2. The van der Waals surface area contributed by atoms with Gasteiger partial charge in [-0.05, 0) is 31.2 Å². The first kappa shape index (κ1) is 15.5. The van der Waals surface area contributed by atoms with Gasteiger partial charge in [0.1, 0.15) is 40.3 Å². The van der Waals surface area contributed by atoms with Crippen LogP contribution in [0.2, 0.25) is 0 Å². The molecule has 5 rings (SSSR count). The van der Waals surface area contributed by atoms with E-state index in [-0.39, 0.29) is 17.8 Å². The molecule has 3 atom stereocenters. The molecule has 2 aliphatic rings. The Morgan fingerprint density at radius 1 is 1.15 bits per heavy atom. The maximum atomic E-state index is 10.3. The lowest BCUT2D eigenvalue weighted by atomic mass is 9.89. The van der Waals surface area contributed by atoms with Crippen LogP contribution in [0.5, 0.6) is 17.2 Å². The smallest absolute Gasteiger partial charge is 0.142 e. The topological polar surface area (TPSA) is 92.3 Å². The highest BCUT2D eigenvalue weighted by Crippen LogP contribution is 2.54. The van der Waals surface area contributed by atoms with Gasteiger partial charge < -0.3 is 29.2 Å². The third-order valence-electron chi connectivity index (χ3n) is 5.25. The van der Waals surface area contributed by atoms with Crippen molar-refractivity contribution in [2.75, 3.05) is 13.2 Å². The molecule has 3 aromatic rings. The van der Waals surface area contributed by atoms with Gasteiger partial charge in [0.25, 0.3) is 0 Å². The van der Waals surface area contributed by atoms with Gasteiger partial charge in [0.15, 0.2) is 0 Å². The van der Waals surface area contributed by atoms with Crippen molar-refractivity contribution >= 4 is 11.0 Å². The van der Waals surface area contributed by atoms with Crippen LogP contribution in [0.3, 0.4) is 0 Å². The third kappa shape index (κ3) is 2.06. The number of fused-ring (bicyclic) bond motifs is 7. The number of furan rings is 1. The molecule has 6 nitrogen and oxygen atoms in total. The Balaban J connectivity index is 1.63. The minimum absolute atomic E-state index is 0.0446. The van der Waals surface area contributed by atoms with E-state index in [1.54, 1.807) is 18.2 Å². The molecule has 0 amide bonds. The molecule has 3 heterocycles. The van der Waals surface area contributed by atoms with E-state index in [1.807, 2.05) is 18.2 Å². The van der Waals surface area contributed by atoms with E-state index in [0.717, 1.165) is 16.5 Å². The molecule has 0 fully saturated rings. The van der Waals surface area contributed by atoms with E-state index in [9.17, 15) is 15.3 Å². The second kappa shape index (κ2) is 5.16. The molecule has 2 aromatic carbocycles. The number of phenolic OH excluding ortho intramolecular Hbond substituents is 1. The summed E-state index contributed by atoms with van der Waals surface area (Å²) in [5, 5.41) is 30.1. The second-order valence-corrected chi connectivity index (χ2v) is 7.12. The highest BCUT2D eigenvalue weighted by molar-refractivity contribution is 5.87. The van der Waals surface area contributed by atoms with Crippen molar-refractivity contribution in [3.8, 4) is 17.2 Å². The van der Waals surface area contributed by atoms with Gasteiger partial charge in [-0.15, -0.1) is 0 Å². The van der Waals surface area contributed by atoms with Crippen LogP contribution in [0.25, 0.3) is 11.0 Å². The molecule has 6 heteroatoms. The third-order valence-corrected chi connectivity index (χ3v) is 5.25. The maximum Gasteiger partial charge on any atom is 0.142 e. The number of hydrogen-bond donors (Lipinski definition) is 3. The summed E-state index contributed by atoms with van der Waals surface area (Å²) in [6.45, 7) is 1.52. The quantitative estimate of drug-likeness (QED) is 0.655. The number of aromatic hydroxyl groups is 1. The van der Waals surface area contributed by atoms with Gasteiger partial charge >= 0.3 is 0 Å². The fraction of sp³-hybridized carbons (Fsp3) is 0.300. The van der Waals surface area contributed by atoms with Gasteiger partial charge in [0, 0.05) is 17.2 Å². The lowest BCUT2D eigenvalue weighted by Gasteiger charge is -2.27. The van der Waals surface area contributed by atoms with Crippen LogP contribution < -0.4 is 9.47 Å². The molecule has 0 aliphatic carbocycles. The first-order valence-electron chi connectivity index (χ1n) is 8.50. The largest absolute Gasteiger partial charge is 0.508 e. The molecule has 0 saturated carbocycles. The fourth-order valence-electron chi connectivity index (χ4n) is 3.76. The Morgan fingerprint density at radius 3 is 2.77 bits per heavy atom. The highest BCUT2D eigenvalue weighted by atomic mass is 16.5. The summed E-state index contributed by atoms with van der Waals surface area (Å²) in [5.41, 5.74) is 1.06. The van der Waals surface area contributed by atoms with Gasteiger partial charge in [-0.2, -0.15) is 0 Å². The summed E-state index contributed by atoms with van der Waals surface area (Å²) in [6, 6.07) is 10.6. The predicted molar refractivity (Wildman–Crippen MR) is 92.6 cm³/mol. The first-order chi connectivity index (χ1) is 12.5. The molecule has 0 unspecified atom stereocenters. The number of rotatable bonds is 2. The zero-order valence-electron chi connectivity index (χ0n) is 14.1. The standard InChI is InChI=1S/C20H18O6/c1-20(23,9-21)17-7-13-15(25-17)5-4-11-14-8-24-16-6-10(22)2-3-12(16)19(14)26-18(11)13/h2-7,14,19,21-23H,8-9H2,1H3/t14-,19-,20+/m0/s1. The Kier molecular flexibility index (Phi) is 3.08. The van der Waals surface area contributed by atoms with E-state index in [4.69, 9.17) is 13.9 Å². The van der Waals surface area contributed by atoms with Crippen molar-refractivity contribution in [1.29, 1.82) is 0 Å². The van der Waals surface area contributed by atoms with E-state index in [1.165, 1.54) is 6.92 Å². The van der Waals surface area contributed by atoms with Crippen LogP contribution in [-0.2, 0) is 5.60 Å². The minimum Gasteiger partial charge on any atom is -0.508 e. The second-order valence-electron chi connectivity index (χ2n) is 7.12. The summed E-state index contributed by atoms with van der Waals surface area (Å²) in [7, 11) is 0. The number of hydrogen-bond acceptors (Lipinski definition) is 6. The summed E-state index contributed by atoms with van der Waals surface area (Å²) in [4.78, 5) is 0. The van der Waals surface area contributed by atoms with E-state index in [2.05, 4.69) is 0 Å². The Labute approximate surface area is 149 Å². The SMILES string of the molecule is C[C@@](O)(CO)c1cc2c3c(ccc2o1)[C@@H]1COc2cc(O)ccc2[C@@H]1O3. The van der Waals surface area contributed by atoms with Crippen LogP contribution in [0.4, 0.5) is 0 Å². The van der Waals surface area contributed by atoms with Gasteiger partial charge in [0.05, 0.1) is 24.5 Å². The normalized spacial score (nSPS) is 22.7. The van der Waals surface area contributed by atoms with Crippen molar-refractivity contribution in [1.82, 2.24) is 0 Å². The summed E-state index contributed by atoms with van der Waals surface area (Å²) >= 11 is 0. The molecular weight excluding hydrogens is 336 g/mol. The predicted octanol–water partition coefficient (Wildman–Crippen LogP) is 2.95. The molecule has 1 aromatic heterocycles. The average molecular weight is 354 g/mol. The molecule has 0 radical (unpaired) electrons. The van der Waals surface area contributed by atoms with Crippen molar-refractivity contribution in [3.63, 3.8) is 0 Å². The monoisotopic (exact) mass is 354 g/mol. The number of phenols is 1. The van der Waals surface area contributed by atoms with Crippen LogP contribution >= 0.6 is 0 Å². The van der Waals surface area contributed by atoms with Gasteiger partial charge in [-0.1, -0.05) is 6.07 Å². The van der Waals surface area contributed by atoms with E-state index < -0.39 is 12.2 Å². The zero-order chi connectivity index (χ0) is 18.1. The van der Waals surface area contributed by atoms with Crippen LogP contribution in [-0.4, -0.2) is 28.5 Å². The molecule has 2 aliphatic heterocycles. The van der Waals surface area contributed by atoms with Crippen LogP contribution in [0, 0.1) is 0 Å². The van der Waals surface area contributed by atoms with Crippen molar-refractivity contribution < 1.29 is 29.2 Å². The Bertz CT molecular complexity index is 1020. The summed E-state index contributed by atoms with van der Waals surface area (Å²) in [5.74, 6) is 1.84. The lowest BCUT2D eigenvalue weighted by molar-refractivity contribution is -0.0184. The average Bonchev–Trinajstić information content (AvgIpc) is 3.22.